The van der Waals surface area contributed by atoms with E-state index in [-0.39, 0.29) is 0 Å². The predicted octanol–water partition coefficient (Wildman–Crippen LogP) is 7.22. The Bertz CT molecular complexity index is 653. The molecule has 2 nitrogen and oxygen atoms in total. The Kier molecular flexibility index (Phi) is 5.89. The highest BCUT2D eigenvalue weighted by molar-refractivity contribution is 5.77. The van der Waals surface area contributed by atoms with Gasteiger partial charge in [-0.2, -0.15) is 0 Å². The van der Waals surface area contributed by atoms with Crippen LogP contribution in [0.15, 0.2) is 0 Å². The van der Waals surface area contributed by atoms with E-state index < -0.39 is 0 Å². The second kappa shape index (κ2) is 7.80. The molecule has 30 heavy (non-hydrogen) atoms. The van der Waals surface area contributed by atoms with Crippen LogP contribution in [0.4, 0.5) is 0 Å². The normalized spacial score (nSPS) is 46.0. The van der Waals surface area contributed by atoms with Gasteiger partial charge in [0.05, 0.1) is 0 Å². The van der Waals surface area contributed by atoms with Gasteiger partial charge in [0.2, 0.25) is 5.91 Å². The monoisotopic (exact) mass is 415 g/mol. The van der Waals surface area contributed by atoms with Gasteiger partial charge in [-0.05, 0) is 90.3 Å². The predicted molar refractivity (Wildman–Crippen MR) is 126 cm³/mol. The standard InChI is InChI=1S/C28H49NO/c1-18(2)9-8-10-19(3)25-26(4,5)17-22-20-11-12-23-27(6,16-14-24(30)29-23)21(20)13-15-28(22,25)7/h18-23,25H,8-17H2,1-7H3,(H,29,30)/t19-,20-,21+,22+,23-,25+,27-,28+/m1/s1. The van der Waals surface area contributed by atoms with Crippen molar-refractivity contribution < 1.29 is 4.79 Å². The number of carbonyl (C=O) groups is 1. The van der Waals surface area contributed by atoms with Crippen LogP contribution in [0.3, 0.4) is 0 Å². The Labute approximate surface area is 186 Å². The van der Waals surface area contributed by atoms with E-state index >= 15 is 0 Å². The molecule has 0 aromatic rings. The topological polar surface area (TPSA) is 29.1 Å². The smallest absolute Gasteiger partial charge is 0.220 e. The van der Waals surface area contributed by atoms with Crippen LogP contribution in [0.25, 0.3) is 0 Å². The fourth-order valence-electron chi connectivity index (χ4n) is 9.84. The number of amides is 1. The Hall–Kier alpha value is -0.530. The molecule has 0 aromatic carbocycles. The van der Waals surface area contributed by atoms with Crippen LogP contribution in [0.1, 0.15) is 113 Å². The first-order chi connectivity index (χ1) is 14.0. The highest BCUT2D eigenvalue weighted by Gasteiger charge is 2.64. The Balaban J connectivity index is 1.55. The van der Waals surface area contributed by atoms with E-state index in [1.165, 1.54) is 51.4 Å². The quantitative estimate of drug-likeness (QED) is 0.504. The van der Waals surface area contributed by atoms with Crippen molar-refractivity contribution in [2.24, 2.45) is 51.8 Å². The van der Waals surface area contributed by atoms with Crippen molar-refractivity contribution in [1.29, 1.82) is 0 Å². The molecule has 0 unspecified atom stereocenters. The van der Waals surface area contributed by atoms with E-state index in [1.54, 1.807) is 0 Å². The first-order valence-electron chi connectivity index (χ1n) is 13.3. The minimum absolute atomic E-state index is 0.300. The second-order valence-corrected chi connectivity index (χ2v) is 13.6. The summed E-state index contributed by atoms with van der Waals surface area (Å²) in [6.07, 6.45) is 12.9. The molecule has 1 aliphatic heterocycles. The molecule has 1 amide bonds. The molecule has 4 fully saturated rings. The molecule has 0 radical (unpaired) electrons. The Morgan fingerprint density at radius 2 is 1.67 bits per heavy atom. The van der Waals surface area contributed by atoms with Gasteiger partial charge in [0.1, 0.15) is 0 Å². The largest absolute Gasteiger partial charge is 0.353 e. The van der Waals surface area contributed by atoms with Crippen molar-refractivity contribution in [3.05, 3.63) is 0 Å². The first-order valence-corrected chi connectivity index (χ1v) is 13.3. The van der Waals surface area contributed by atoms with Gasteiger partial charge in [0.25, 0.3) is 0 Å². The maximum atomic E-state index is 12.1. The third-order valence-electron chi connectivity index (χ3n) is 10.8. The van der Waals surface area contributed by atoms with Crippen molar-refractivity contribution in [2.75, 3.05) is 0 Å². The maximum absolute atomic E-state index is 12.1. The van der Waals surface area contributed by atoms with Crippen molar-refractivity contribution in [3.63, 3.8) is 0 Å². The number of hydrogen-bond acceptors (Lipinski definition) is 1. The molecule has 4 aliphatic rings. The molecule has 1 heterocycles. The van der Waals surface area contributed by atoms with Crippen LogP contribution in [0.5, 0.6) is 0 Å². The second-order valence-electron chi connectivity index (χ2n) is 13.6. The van der Waals surface area contributed by atoms with Crippen molar-refractivity contribution in [3.8, 4) is 0 Å². The number of nitrogens with one attached hydrogen (secondary N) is 1. The van der Waals surface area contributed by atoms with Gasteiger partial charge in [0, 0.05) is 12.5 Å². The lowest BCUT2D eigenvalue weighted by molar-refractivity contribution is -0.137. The summed E-state index contributed by atoms with van der Waals surface area (Å²) < 4.78 is 0. The average Bonchev–Trinajstić information content (AvgIpc) is 2.87. The molecule has 4 rings (SSSR count). The third kappa shape index (κ3) is 3.57. The van der Waals surface area contributed by atoms with Crippen LogP contribution in [-0.4, -0.2) is 11.9 Å². The molecule has 0 bridgehead atoms. The maximum Gasteiger partial charge on any atom is 0.220 e. The molecule has 0 spiro atoms. The molecule has 3 saturated carbocycles. The molecule has 3 aliphatic carbocycles. The molecule has 1 saturated heterocycles. The summed E-state index contributed by atoms with van der Waals surface area (Å²) in [4.78, 5) is 12.1. The van der Waals surface area contributed by atoms with E-state index in [0.29, 0.717) is 28.2 Å². The number of fused-ring (bicyclic) bond motifs is 5. The molecular formula is C28H49NO. The summed E-state index contributed by atoms with van der Waals surface area (Å²) >= 11 is 0. The zero-order valence-electron chi connectivity index (χ0n) is 21.0. The minimum Gasteiger partial charge on any atom is -0.353 e. The number of hydrogen-bond donors (Lipinski definition) is 1. The van der Waals surface area contributed by atoms with Crippen LogP contribution in [-0.2, 0) is 4.79 Å². The average molecular weight is 416 g/mol. The number of rotatable bonds is 5. The minimum atomic E-state index is 0.300. The highest BCUT2D eigenvalue weighted by Crippen LogP contribution is 2.70. The SMILES string of the molecule is CC(C)CCC[C@@H](C)[C@H]1C(C)(C)C[C@H]2[C@@H]3CC[C@H]4NC(=O)CC[C@]4(C)[C@H]3CC[C@@]21C. The van der Waals surface area contributed by atoms with Crippen LogP contribution in [0.2, 0.25) is 0 Å². The van der Waals surface area contributed by atoms with Gasteiger partial charge in [-0.1, -0.05) is 67.7 Å². The van der Waals surface area contributed by atoms with Crippen LogP contribution < -0.4 is 5.32 Å². The van der Waals surface area contributed by atoms with Gasteiger partial charge in [-0.3, -0.25) is 4.79 Å². The number of piperidine rings is 1. The first kappa shape index (κ1) is 22.7. The van der Waals surface area contributed by atoms with Crippen molar-refractivity contribution in [1.82, 2.24) is 5.32 Å². The third-order valence-corrected chi connectivity index (χ3v) is 10.8. The summed E-state index contributed by atoms with van der Waals surface area (Å²) in [5.74, 6) is 5.42. The van der Waals surface area contributed by atoms with Gasteiger partial charge in [-0.15, -0.1) is 0 Å². The van der Waals surface area contributed by atoms with Gasteiger partial charge in [-0.25, -0.2) is 0 Å². The zero-order valence-corrected chi connectivity index (χ0v) is 21.0. The fourth-order valence-corrected chi connectivity index (χ4v) is 9.84. The van der Waals surface area contributed by atoms with Crippen LogP contribution >= 0.6 is 0 Å². The Morgan fingerprint density at radius 1 is 0.933 bits per heavy atom. The van der Waals surface area contributed by atoms with Gasteiger partial charge < -0.3 is 5.32 Å². The molecular weight excluding hydrogens is 366 g/mol. The van der Waals surface area contributed by atoms with Crippen molar-refractivity contribution >= 4 is 5.91 Å². The van der Waals surface area contributed by atoms with Crippen LogP contribution in [0, 0.1) is 51.8 Å². The summed E-state index contributed by atoms with van der Waals surface area (Å²) in [5, 5.41) is 3.40. The van der Waals surface area contributed by atoms with E-state index in [9.17, 15) is 4.79 Å². The van der Waals surface area contributed by atoms with E-state index in [4.69, 9.17) is 0 Å². The molecule has 8 atom stereocenters. The van der Waals surface area contributed by atoms with Crippen molar-refractivity contribution in [2.45, 2.75) is 119 Å². The summed E-state index contributed by atoms with van der Waals surface area (Å²) in [5.41, 5.74) is 1.32. The lowest BCUT2D eigenvalue weighted by atomic mass is 9.46. The highest BCUT2D eigenvalue weighted by atomic mass is 16.1. The zero-order chi connectivity index (χ0) is 21.9. The number of carbonyl (C=O) groups excluding carboxylic acids is 1. The summed E-state index contributed by atoms with van der Waals surface area (Å²) in [6.45, 7) is 17.8. The van der Waals surface area contributed by atoms with Gasteiger partial charge >= 0.3 is 0 Å². The van der Waals surface area contributed by atoms with E-state index in [2.05, 4.69) is 53.8 Å². The lowest BCUT2D eigenvalue weighted by Crippen LogP contribution is -2.61. The lowest BCUT2D eigenvalue weighted by Gasteiger charge is -2.60. The Morgan fingerprint density at radius 3 is 2.37 bits per heavy atom. The molecule has 0 aromatic heterocycles. The fraction of sp³-hybridized carbons (Fsp3) is 0.964. The van der Waals surface area contributed by atoms with Gasteiger partial charge in [0.15, 0.2) is 0 Å². The van der Waals surface area contributed by atoms with E-state index in [0.717, 1.165) is 48.3 Å². The summed E-state index contributed by atoms with van der Waals surface area (Å²) in [6, 6.07) is 0.435. The molecule has 2 heteroatoms. The molecule has 172 valence electrons. The summed E-state index contributed by atoms with van der Waals surface area (Å²) in [7, 11) is 0. The van der Waals surface area contributed by atoms with E-state index in [1.807, 2.05) is 0 Å². The molecule has 1 N–H and O–H groups in total.